The number of carbonyl (C=O) groups excluding carboxylic acids is 1. The van der Waals surface area contributed by atoms with Gasteiger partial charge < -0.3 is 9.47 Å². The molecule has 1 atom stereocenters. The lowest BCUT2D eigenvalue weighted by molar-refractivity contribution is -0.119. The molecule has 182 valence electrons. The average Bonchev–Trinajstić information content (AvgIpc) is 3.48. The van der Waals surface area contributed by atoms with Gasteiger partial charge in [-0.2, -0.15) is 0 Å². The van der Waals surface area contributed by atoms with Gasteiger partial charge in [0.1, 0.15) is 11.3 Å². The van der Waals surface area contributed by atoms with Crippen LogP contribution in [0, 0.1) is 0 Å². The van der Waals surface area contributed by atoms with E-state index in [4.69, 9.17) is 14.5 Å². The number of aromatic nitrogens is 1. The summed E-state index contributed by atoms with van der Waals surface area (Å²) in [5.41, 5.74) is 1.49. The van der Waals surface area contributed by atoms with Gasteiger partial charge in [-0.05, 0) is 43.9 Å². The van der Waals surface area contributed by atoms with Gasteiger partial charge in [0.15, 0.2) is 15.0 Å². The highest BCUT2D eigenvalue weighted by molar-refractivity contribution is 7.90. The average molecular weight is 503 g/mol. The highest BCUT2D eigenvalue weighted by Crippen LogP contribution is 2.35. The zero-order valence-corrected chi connectivity index (χ0v) is 20.9. The van der Waals surface area contributed by atoms with Crippen molar-refractivity contribution in [3.05, 3.63) is 54.1 Å². The van der Waals surface area contributed by atoms with Crippen LogP contribution in [0.3, 0.4) is 0 Å². The van der Waals surface area contributed by atoms with Crippen molar-refractivity contribution in [2.45, 2.75) is 44.5 Å². The van der Waals surface area contributed by atoms with Gasteiger partial charge in [-0.3, -0.25) is 9.69 Å². The maximum Gasteiger partial charge on any atom is 0.228 e. The minimum absolute atomic E-state index is 0.0142. The fourth-order valence-electron chi connectivity index (χ4n) is 4.06. The third-order valence-corrected chi connectivity index (χ3v) is 8.42. The van der Waals surface area contributed by atoms with Crippen molar-refractivity contribution < 1.29 is 22.7 Å². The lowest BCUT2D eigenvalue weighted by Crippen LogP contribution is -2.37. The van der Waals surface area contributed by atoms with E-state index in [9.17, 15) is 13.2 Å². The largest absolute Gasteiger partial charge is 0.492 e. The molecule has 0 bridgehead atoms. The molecule has 2 aromatic carbocycles. The van der Waals surface area contributed by atoms with Crippen molar-refractivity contribution in [1.82, 2.24) is 4.98 Å². The summed E-state index contributed by atoms with van der Waals surface area (Å²) >= 11 is 1.44. The Hall–Kier alpha value is -2.49. The SMILES string of the molecule is CCOc1cccc2sc(N(CC3CCCO3)C(=O)CCCS(=O)(=O)Cc3ccccc3)nc12. The fraction of sp³-hybridized carbons (Fsp3) is 0.440. The summed E-state index contributed by atoms with van der Waals surface area (Å²) in [5.74, 6) is 0.511. The van der Waals surface area contributed by atoms with Gasteiger partial charge in [0, 0.05) is 13.0 Å². The first-order valence-electron chi connectivity index (χ1n) is 11.6. The third-order valence-electron chi connectivity index (χ3n) is 5.69. The van der Waals surface area contributed by atoms with Crippen LogP contribution in [0.5, 0.6) is 5.75 Å². The molecule has 9 heteroatoms. The molecule has 1 aliphatic rings. The predicted octanol–water partition coefficient (Wildman–Crippen LogP) is 4.60. The topological polar surface area (TPSA) is 85.8 Å². The molecule has 0 radical (unpaired) electrons. The second-order valence-corrected chi connectivity index (χ2v) is 11.5. The maximum absolute atomic E-state index is 13.3. The van der Waals surface area contributed by atoms with E-state index in [1.54, 1.807) is 17.0 Å². The van der Waals surface area contributed by atoms with Crippen molar-refractivity contribution in [2.75, 3.05) is 30.4 Å². The van der Waals surface area contributed by atoms with Gasteiger partial charge in [0.05, 0.1) is 35.5 Å². The summed E-state index contributed by atoms with van der Waals surface area (Å²) in [5, 5.41) is 0.592. The van der Waals surface area contributed by atoms with Gasteiger partial charge in [-0.25, -0.2) is 13.4 Å². The van der Waals surface area contributed by atoms with E-state index in [-0.39, 0.29) is 36.4 Å². The van der Waals surface area contributed by atoms with Crippen molar-refractivity contribution in [1.29, 1.82) is 0 Å². The molecule has 0 saturated carbocycles. The first-order valence-corrected chi connectivity index (χ1v) is 14.3. The first kappa shape index (κ1) is 24.6. The lowest BCUT2D eigenvalue weighted by atomic mass is 10.2. The molecule has 1 amide bonds. The van der Waals surface area contributed by atoms with Crippen LogP contribution in [-0.4, -0.2) is 50.9 Å². The molecule has 1 saturated heterocycles. The molecule has 2 heterocycles. The van der Waals surface area contributed by atoms with Gasteiger partial charge in [0.25, 0.3) is 0 Å². The van der Waals surface area contributed by atoms with Crippen molar-refractivity contribution in [3.63, 3.8) is 0 Å². The Balaban J connectivity index is 1.46. The van der Waals surface area contributed by atoms with Gasteiger partial charge in [-0.15, -0.1) is 0 Å². The number of anilines is 1. The number of nitrogens with zero attached hydrogens (tertiary/aromatic N) is 2. The van der Waals surface area contributed by atoms with Crippen molar-refractivity contribution in [3.8, 4) is 5.75 Å². The number of thiazole rings is 1. The summed E-state index contributed by atoms with van der Waals surface area (Å²) in [6.07, 6.45) is 2.23. The van der Waals surface area contributed by atoms with E-state index in [0.29, 0.717) is 30.6 Å². The fourth-order valence-corrected chi connectivity index (χ4v) is 6.49. The van der Waals surface area contributed by atoms with Gasteiger partial charge >= 0.3 is 0 Å². The molecule has 1 aromatic heterocycles. The number of rotatable bonds is 11. The number of sulfone groups is 1. The summed E-state index contributed by atoms with van der Waals surface area (Å²) < 4.78 is 37.5. The number of ether oxygens (including phenoxy) is 2. The lowest BCUT2D eigenvalue weighted by Gasteiger charge is -2.23. The molecule has 7 nitrogen and oxygen atoms in total. The van der Waals surface area contributed by atoms with E-state index in [2.05, 4.69) is 0 Å². The van der Waals surface area contributed by atoms with E-state index in [1.165, 1.54) is 11.3 Å². The van der Waals surface area contributed by atoms with Crippen LogP contribution in [0.2, 0.25) is 0 Å². The van der Waals surface area contributed by atoms with Crippen LogP contribution in [0.15, 0.2) is 48.5 Å². The summed E-state index contributed by atoms with van der Waals surface area (Å²) in [6, 6.07) is 14.9. The molecular weight excluding hydrogens is 472 g/mol. The monoisotopic (exact) mass is 502 g/mol. The predicted molar refractivity (Wildman–Crippen MR) is 135 cm³/mol. The number of hydrogen-bond acceptors (Lipinski definition) is 7. The number of amides is 1. The molecule has 34 heavy (non-hydrogen) atoms. The van der Waals surface area contributed by atoms with Crippen molar-refractivity contribution in [2.24, 2.45) is 0 Å². The summed E-state index contributed by atoms with van der Waals surface area (Å²) in [7, 11) is -3.30. The molecule has 3 aromatic rings. The van der Waals surface area contributed by atoms with Crippen LogP contribution < -0.4 is 9.64 Å². The minimum Gasteiger partial charge on any atom is -0.492 e. The molecule has 1 aliphatic heterocycles. The highest BCUT2D eigenvalue weighted by Gasteiger charge is 2.27. The Kier molecular flexibility index (Phi) is 8.18. The Bertz CT molecular complexity index is 1200. The van der Waals surface area contributed by atoms with Crippen LogP contribution in [0.4, 0.5) is 5.13 Å². The number of hydrogen-bond donors (Lipinski definition) is 0. The molecule has 0 N–H and O–H groups in total. The van der Waals surface area contributed by atoms with Crippen molar-refractivity contribution >= 4 is 42.4 Å². The van der Waals surface area contributed by atoms with Crippen LogP contribution in [0.25, 0.3) is 10.2 Å². The molecule has 0 spiro atoms. The van der Waals surface area contributed by atoms with E-state index in [0.717, 1.165) is 28.6 Å². The summed E-state index contributed by atoms with van der Waals surface area (Å²) in [6.45, 7) is 3.56. The second-order valence-electron chi connectivity index (χ2n) is 8.35. The molecule has 4 rings (SSSR count). The van der Waals surface area contributed by atoms with E-state index < -0.39 is 9.84 Å². The maximum atomic E-state index is 13.3. The normalized spacial score (nSPS) is 16.1. The van der Waals surface area contributed by atoms with Crippen LogP contribution in [-0.2, 0) is 25.1 Å². The Morgan fingerprint density at radius 1 is 1.21 bits per heavy atom. The zero-order valence-electron chi connectivity index (χ0n) is 19.3. The highest BCUT2D eigenvalue weighted by atomic mass is 32.2. The van der Waals surface area contributed by atoms with Crippen LogP contribution >= 0.6 is 11.3 Å². The number of fused-ring (bicyclic) bond motifs is 1. The van der Waals surface area contributed by atoms with Crippen LogP contribution in [0.1, 0.15) is 38.2 Å². The van der Waals surface area contributed by atoms with E-state index in [1.807, 2.05) is 43.3 Å². The Morgan fingerprint density at radius 2 is 2.03 bits per heavy atom. The molecule has 1 unspecified atom stereocenters. The first-order chi connectivity index (χ1) is 16.4. The van der Waals surface area contributed by atoms with Gasteiger partial charge in [0.2, 0.25) is 5.91 Å². The minimum atomic E-state index is -3.30. The molecule has 0 aliphatic carbocycles. The second kappa shape index (κ2) is 11.3. The Morgan fingerprint density at radius 3 is 2.76 bits per heavy atom. The standard InChI is InChI=1S/C25H30N2O5S2/c1-2-31-21-12-6-13-22-24(21)26-25(33-22)27(17-20-11-7-15-32-20)23(28)14-8-16-34(29,30)18-19-9-4-3-5-10-19/h3-6,9-10,12-13,20H,2,7-8,11,14-18H2,1H3. The third kappa shape index (κ3) is 6.34. The quantitative estimate of drug-likeness (QED) is 0.381. The van der Waals surface area contributed by atoms with E-state index >= 15 is 0 Å². The number of para-hydroxylation sites is 1. The smallest absolute Gasteiger partial charge is 0.228 e. The molecule has 1 fully saturated rings. The molecular formula is C25H30N2O5S2. The summed E-state index contributed by atoms with van der Waals surface area (Å²) in [4.78, 5) is 19.7. The van der Waals surface area contributed by atoms with Gasteiger partial charge in [-0.1, -0.05) is 47.7 Å². The zero-order chi connectivity index (χ0) is 24.0. The Labute approximate surface area is 204 Å². The number of benzene rings is 2. The number of carbonyl (C=O) groups is 1.